The van der Waals surface area contributed by atoms with Crippen LogP contribution in [-0.2, 0) is 0 Å². The minimum atomic E-state index is -0.975. The van der Waals surface area contributed by atoms with Crippen LogP contribution >= 0.6 is 11.8 Å². The van der Waals surface area contributed by atoms with Gasteiger partial charge in [0.2, 0.25) is 5.95 Å². The minimum absolute atomic E-state index is 0.176. The molecule has 0 aliphatic carbocycles. The Bertz CT molecular complexity index is 405. The van der Waals surface area contributed by atoms with Gasteiger partial charge in [0.05, 0.1) is 0 Å². The Morgan fingerprint density at radius 3 is 2.75 bits per heavy atom. The second-order valence-electron chi connectivity index (χ2n) is 3.59. The Balaban J connectivity index is 2.32. The van der Waals surface area contributed by atoms with Crippen LogP contribution in [0.1, 0.15) is 23.2 Å². The van der Waals surface area contributed by atoms with Crippen LogP contribution in [0.25, 0.3) is 0 Å². The maximum Gasteiger partial charge on any atom is 0.340 e. The molecule has 1 fully saturated rings. The molecule has 2 heterocycles. The van der Waals surface area contributed by atoms with E-state index in [1.165, 1.54) is 18.0 Å². The molecule has 1 N–H and O–H groups in total. The Kier molecular flexibility index (Phi) is 3.28. The highest BCUT2D eigenvalue weighted by molar-refractivity contribution is 7.98. The van der Waals surface area contributed by atoms with Crippen LogP contribution in [-0.4, -0.2) is 40.4 Å². The van der Waals surface area contributed by atoms with Crippen LogP contribution in [0, 0.1) is 0 Å². The summed E-state index contributed by atoms with van der Waals surface area (Å²) >= 11 is 1.34. The number of carbonyl (C=O) groups is 1. The number of carboxylic acid groups (broad SMARTS) is 1. The zero-order valence-electron chi connectivity index (χ0n) is 9.01. The maximum absolute atomic E-state index is 10.9. The fourth-order valence-corrected chi connectivity index (χ4v) is 2.26. The summed E-state index contributed by atoms with van der Waals surface area (Å²) in [4.78, 5) is 21.4. The van der Waals surface area contributed by atoms with E-state index in [4.69, 9.17) is 5.11 Å². The zero-order chi connectivity index (χ0) is 11.5. The fraction of sp³-hybridized carbons (Fsp3) is 0.500. The summed E-state index contributed by atoms with van der Waals surface area (Å²) in [7, 11) is 0. The molecule has 1 aromatic rings. The van der Waals surface area contributed by atoms with E-state index in [2.05, 4.69) is 14.9 Å². The number of aromatic carboxylic acids is 1. The molecule has 2 rings (SSSR count). The fourth-order valence-electron chi connectivity index (χ4n) is 1.73. The van der Waals surface area contributed by atoms with Crippen molar-refractivity contribution in [3.8, 4) is 0 Å². The summed E-state index contributed by atoms with van der Waals surface area (Å²) in [6, 6.07) is 0. The lowest BCUT2D eigenvalue weighted by molar-refractivity contribution is 0.0691. The molecule has 6 heteroatoms. The summed E-state index contributed by atoms with van der Waals surface area (Å²) in [6.45, 7) is 1.92. The Hall–Kier alpha value is -1.30. The van der Waals surface area contributed by atoms with Gasteiger partial charge in [-0.15, -0.1) is 11.8 Å². The first-order valence-electron chi connectivity index (χ1n) is 5.11. The van der Waals surface area contributed by atoms with Gasteiger partial charge >= 0.3 is 5.97 Å². The van der Waals surface area contributed by atoms with Gasteiger partial charge in [-0.3, -0.25) is 0 Å². The van der Waals surface area contributed by atoms with E-state index in [0.717, 1.165) is 25.9 Å². The summed E-state index contributed by atoms with van der Waals surface area (Å²) in [5.41, 5.74) is 0.176. The molecule has 86 valence electrons. The molecular formula is C10H13N3O2S. The van der Waals surface area contributed by atoms with Gasteiger partial charge in [-0.2, -0.15) is 0 Å². The van der Waals surface area contributed by atoms with Crippen molar-refractivity contribution in [1.29, 1.82) is 0 Å². The number of hydrogen-bond donors (Lipinski definition) is 1. The molecule has 0 spiro atoms. The third kappa shape index (κ3) is 2.11. The molecule has 0 amide bonds. The topological polar surface area (TPSA) is 66.3 Å². The predicted molar refractivity (Wildman–Crippen MR) is 62.2 cm³/mol. The Morgan fingerprint density at radius 1 is 1.50 bits per heavy atom. The van der Waals surface area contributed by atoms with Gasteiger partial charge in [0.25, 0.3) is 0 Å². The third-order valence-electron chi connectivity index (χ3n) is 2.55. The van der Waals surface area contributed by atoms with Crippen molar-refractivity contribution >= 4 is 23.7 Å². The standard InChI is InChI=1S/C10H13N3O2S/c1-16-8-7(9(14)15)6-11-10(12-8)13-4-2-3-5-13/h6H,2-5H2,1H3,(H,14,15). The van der Waals surface area contributed by atoms with E-state index in [-0.39, 0.29) is 5.56 Å². The smallest absolute Gasteiger partial charge is 0.340 e. The van der Waals surface area contributed by atoms with Gasteiger partial charge in [-0.1, -0.05) is 0 Å². The van der Waals surface area contributed by atoms with Crippen LogP contribution in [0.5, 0.6) is 0 Å². The normalized spacial score (nSPS) is 15.4. The van der Waals surface area contributed by atoms with Gasteiger partial charge in [-0.05, 0) is 19.1 Å². The van der Waals surface area contributed by atoms with E-state index in [0.29, 0.717) is 11.0 Å². The third-order valence-corrected chi connectivity index (χ3v) is 3.25. The summed E-state index contributed by atoms with van der Waals surface area (Å²) in [6.07, 6.45) is 5.52. The number of thioether (sulfide) groups is 1. The molecule has 1 aromatic heterocycles. The first-order chi connectivity index (χ1) is 7.72. The van der Waals surface area contributed by atoms with E-state index in [1.54, 1.807) is 0 Å². The largest absolute Gasteiger partial charge is 0.478 e. The van der Waals surface area contributed by atoms with Crippen LogP contribution in [0.15, 0.2) is 11.2 Å². The van der Waals surface area contributed by atoms with E-state index in [9.17, 15) is 4.79 Å². The Labute approximate surface area is 97.9 Å². The maximum atomic E-state index is 10.9. The molecule has 0 atom stereocenters. The molecule has 0 unspecified atom stereocenters. The van der Waals surface area contributed by atoms with Gasteiger partial charge in [0.1, 0.15) is 10.6 Å². The lowest BCUT2D eigenvalue weighted by atomic mass is 10.3. The average molecular weight is 239 g/mol. The van der Waals surface area contributed by atoms with Crippen LogP contribution in [0.2, 0.25) is 0 Å². The number of carboxylic acids is 1. The predicted octanol–water partition coefficient (Wildman–Crippen LogP) is 1.50. The number of hydrogen-bond acceptors (Lipinski definition) is 5. The Morgan fingerprint density at radius 2 is 2.19 bits per heavy atom. The number of nitrogens with zero attached hydrogens (tertiary/aromatic N) is 3. The van der Waals surface area contributed by atoms with Crippen molar-refractivity contribution in [1.82, 2.24) is 9.97 Å². The molecule has 0 aromatic carbocycles. The van der Waals surface area contributed by atoms with Crippen molar-refractivity contribution in [2.75, 3.05) is 24.2 Å². The number of rotatable bonds is 3. The minimum Gasteiger partial charge on any atom is -0.478 e. The molecule has 1 aliphatic heterocycles. The summed E-state index contributed by atoms with van der Waals surface area (Å²) in [5.74, 6) is -0.329. The average Bonchev–Trinajstić information content (AvgIpc) is 2.81. The van der Waals surface area contributed by atoms with E-state index >= 15 is 0 Å². The second kappa shape index (κ2) is 4.69. The van der Waals surface area contributed by atoms with Crippen LogP contribution < -0.4 is 4.90 Å². The highest BCUT2D eigenvalue weighted by atomic mass is 32.2. The van der Waals surface area contributed by atoms with Gasteiger partial charge in [0, 0.05) is 19.3 Å². The molecule has 0 bridgehead atoms. The molecular weight excluding hydrogens is 226 g/mol. The highest BCUT2D eigenvalue weighted by Crippen LogP contribution is 2.22. The molecule has 5 nitrogen and oxygen atoms in total. The second-order valence-corrected chi connectivity index (χ2v) is 4.39. The lowest BCUT2D eigenvalue weighted by Crippen LogP contribution is -2.21. The van der Waals surface area contributed by atoms with Crippen molar-refractivity contribution in [2.24, 2.45) is 0 Å². The molecule has 1 aliphatic rings. The quantitative estimate of drug-likeness (QED) is 0.637. The van der Waals surface area contributed by atoms with Crippen LogP contribution in [0.4, 0.5) is 5.95 Å². The van der Waals surface area contributed by atoms with Gasteiger partial charge < -0.3 is 10.0 Å². The van der Waals surface area contributed by atoms with E-state index in [1.807, 2.05) is 6.26 Å². The van der Waals surface area contributed by atoms with Crippen molar-refractivity contribution in [2.45, 2.75) is 17.9 Å². The first-order valence-corrected chi connectivity index (χ1v) is 6.34. The van der Waals surface area contributed by atoms with Crippen molar-refractivity contribution in [3.05, 3.63) is 11.8 Å². The van der Waals surface area contributed by atoms with Crippen molar-refractivity contribution in [3.63, 3.8) is 0 Å². The molecule has 16 heavy (non-hydrogen) atoms. The SMILES string of the molecule is CSc1nc(N2CCCC2)ncc1C(=O)O. The zero-order valence-corrected chi connectivity index (χ0v) is 9.83. The number of anilines is 1. The number of aromatic nitrogens is 2. The molecule has 1 saturated heterocycles. The summed E-state index contributed by atoms with van der Waals surface area (Å²) < 4.78 is 0. The lowest BCUT2D eigenvalue weighted by Gasteiger charge is -2.15. The first kappa shape index (κ1) is 11.2. The molecule has 0 radical (unpaired) electrons. The van der Waals surface area contributed by atoms with Crippen molar-refractivity contribution < 1.29 is 9.90 Å². The summed E-state index contributed by atoms with van der Waals surface area (Å²) in [5, 5.41) is 9.48. The highest BCUT2D eigenvalue weighted by Gasteiger charge is 2.18. The monoisotopic (exact) mass is 239 g/mol. The van der Waals surface area contributed by atoms with E-state index < -0.39 is 5.97 Å². The molecule has 0 saturated carbocycles. The van der Waals surface area contributed by atoms with Crippen LogP contribution in [0.3, 0.4) is 0 Å². The van der Waals surface area contributed by atoms with Gasteiger partial charge in [-0.25, -0.2) is 14.8 Å². The van der Waals surface area contributed by atoms with Gasteiger partial charge in [0.15, 0.2) is 0 Å².